The Morgan fingerprint density at radius 2 is 2.07 bits per heavy atom. The first-order valence-electron chi connectivity index (χ1n) is 9.66. The molecule has 5 rings (SSSR count). The molecule has 4 N–H and O–H groups in total. The van der Waals surface area contributed by atoms with E-state index >= 15 is 0 Å². The molecule has 1 aromatic rings. The molecule has 0 radical (unpaired) electrons. The number of ether oxygens (including phenoxy) is 1. The van der Waals surface area contributed by atoms with Crippen LogP contribution >= 0.6 is 11.8 Å². The van der Waals surface area contributed by atoms with Gasteiger partial charge in [-0.05, 0) is 43.9 Å². The molecule has 2 atom stereocenters. The van der Waals surface area contributed by atoms with Crippen molar-refractivity contribution in [2.45, 2.75) is 43.2 Å². The van der Waals surface area contributed by atoms with Gasteiger partial charge in [-0.15, -0.1) is 11.8 Å². The molecule has 0 spiro atoms. The van der Waals surface area contributed by atoms with E-state index in [1.807, 2.05) is 12.4 Å². The molecule has 1 aromatic heterocycles. The summed E-state index contributed by atoms with van der Waals surface area (Å²) >= 11 is 1.67. The van der Waals surface area contributed by atoms with Gasteiger partial charge in [-0.1, -0.05) is 0 Å². The lowest BCUT2D eigenvalue weighted by Crippen LogP contribution is -2.43. The zero-order valence-corrected chi connectivity index (χ0v) is 16.1. The first-order chi connectivity index (χ1) is 13.2. The number of pyridine rings is 1. The summed E-state index contributed by atoms with van der Waals surface area (Å²) < 4.78 is 6.11. The Kier molecular flexibility index (Phi) is 4.38. The molecule has 1 unspecified atom stereocenters. The van der Waals surface area contributed by atoms with Crippen LogP contribution in [0.15, 0.2) is 53.2 Å². The molecule has 142 valence electrons. The molecule has 4 aliphatic rings. The maximum atomic E-state index is 6.24. The smallest absolute Gasteiger partial charge is 0.137 e. The van der Waals surface area contributed by atoms with Crippen LogP contribution < -0.4 is 21.3 Å². The molecule has 2 fully saturated rings. The second-order valence-electron chi connectivity index (χ2n) is 7.57. The Balaban J connectivity index is 1.53. The molecule has 4 heterocycles. The molecule has 6 nitrogen and oxygen atoms in total. The van der Waals surface area contributed by atoms with Gasteiger partial charge in [0.05, 0.1) is 40.9 Å². The first-order valence-corrected chi connectivity index (χ1v) is 10.5. The summed E-state index contributed by atoms with van der Waals surface area (Å²) in [7, 11) is 0. The van der Waals surface area contributed by atoms with Crippen molar-refractivity contribution in [3.8, 4) is 0 Å². The van der Waals surface area contributed by atoms with E-state index in [4.69, 9.17) is 16.2 Å². The van der Waals surface area contributed by atoms with Gasteiger partial charge in [0.1, 0.15) is 5.76 Å². The summed E-state index contributed by atoms with van der Waals surface area (Å²) in [6, 6.07) is 2.30. The SMILES string of the molecule is NC1C=C2C(=CC(OC3CC3)=CN2c2cnccc2N2CCC[C@H](N)C2)S1. The van der Waals surface area contributed by atoms with Crippen molar-refractivity contribution in [1.82, 2.24) is 4.98 Å². The number of anilines is 2. The van der Waals surface area contributed by atoms with Crippen molar-refractivity contribution in [3.05, 3.63) is 53.2 Å². The summed E-state index contributed by atoms with van der Waals surface area (Å²) in [4.78, 5) is 10.1. The van der Waals surface area contributed by atoms with E-state index in [1.54, 1.807) is 11.8 Å². The van der Waals surface area contributed by atoms with E-state index in [-0.39, 0.29) is 11.4 Å². The predicted molar refractivity (Wildman–Crippen MR) is 110 cm³/mol. The molecule has 27 heavy (non-hydrogen) atoms. The Morgan fingerprint density at radius 3 is 2.89 bits per heavy atom. The van der Waals surface area contributed by atoms with Gasteiger partial charge >= 0.3 is 0 Å². The van der Waals surface area contributed by atoms with Gasteiger partial charge in [-0.25, -0.2) is 0 Å². The fourth-order valence-corrected chi connectivity index (χ4v) is 4.81. The largest absolute Gasteiger partial charge is 0.489 e. The van der Waals surface area contributed by atoms with Gasteiger partial charge in [0, 0.05) is 30.2 Å². The number of aromatic nitrogens is 1. The van der Waals surface area contributed by atoms with Gasteiger partial charge < -0.3 is 26.0 Å². The molecule has 1 aliphatic carbocycles. The van der Waals surface area contributed by atoms with Crippen molar-refractivity contribution in [1.29, 1.82) is 0 Å². The Labute approximate surface area is 163 Å². The molecule has 0 bridgehead atoms. The number of hydrogen-bond donors (Lipinski definition) is 2. The Morgan fingerprint density at radius 1 is 1.19 bits per heavy atom. The molecule has 1 saturated heterocycles. The third kappa shape index (κ3) is 3.47. The van der Waals surface area contributed by atoms with Crippen LogP contribution in [0.25, 0.3) is 0 Å². The molecule has 3 aliphatic heterocycles. The molecule has 1 saturated carbocycles. The van der Waals surface area contributed by atoms with Crippen LogP contribution in [0.2, 0.25) is 0 Å². The minimum absolute atomic E-state index is 0.0362. The normalized spacial score (nSPS) is 27.7. The average Bonchev–Trinajstić information content (AvgIpc) is 3.39. The summed E-state index contributed by atoms with van der Waals surface area (Å²) in [5, 5.41) is -0.0362. The average molecular weight is 384 g/mol. The topological polar surface area (TPSA) is 80.6 Å². The highest BCUT2D eigenvalue weighted by Gasteiger charge is 2.32. The zero-order chi connectivity index (χ0) is 18.4. The number of nitrogens with zero attached hydrogens (tertiary/aromatic N) is 3. The number of piperidine rings is 1. The van der Waals surface area contributed by atoms with Crippen molar-refractivity contribution in [2.24, 2.45) is 11.5 Å². The Bertz CT molecular complexity index is 831. The maximum Gasteiger partial charge on any atom is 0.137 e. The van der Waals surface area contributed by atoms with Crippen LogP contribution in [0.3, 0.4) is 0 Å². The third-order valence-electron chi connectivity index (χ3n) is 5.29. The van der Waals surface area contributed by atoms with E-state index in [9.17, 15) is 0 Å². The molecular weight excluding hydrogens is 358 g/mol. The highest BCUT2D eigenvalue weighted by atomic mass is 32.2. The van der Waals surface area contributed by atoms with Gasteiger partial charge in [-0.3, -0.25) is 4.98 Å². The van der Waals surface area contributed by atoms with Crippen molar-refractivity contribution >= 4 is 23.1 Å². The Hall–Kier alpha value is -1.96. The lowest BCUT2D eigenvalue weighted by molar-refractivity contribution is 0.207. The van der Waals surface area contributed by atoms with Gasteiger partial charge in [0.25, 0.3) is 0 Å². The van der Waals surface area contributed by atoms with Crippen LogP contribution in [0.5, 0.6) is 0 Å². The molecule has 7 heteroatoms. The van der Waals surface area contributed by atoms with Gasteiger partial charge in [-0.2, -0.15) is 0 Å². The number of fused-ring (bicyclic) bond motifs is 1. The summed E-state index contributed by atoms with van der Waals surface area (Å²) in [6.45, 7) is 1.89. The van der Waals surface area contributed by atoms with Crippen LogP contribution in [0.1, 0.15) is 25.7 Å². The van der Waals surface area contributed by atoms with Crippen LogP contribution in [-0.2, 0) is 4.74 Å². The van der Waals surface area contributed by atoms with E-state index in [2.05, 4.69) is 39.2 Å². The van der Waals surface area contributed by atoms with Crippen molar-refractivity contribution in [2.75, 3.05) is 22.9 Å². The fraction of sp³-hybridized carbons (Fsp3) is 0.450. The number of rotatable bonds is 4. The fourth-order valence-electron chi connectivity index (χ4n) is 3.85. The minimum Gasteiger partial charge on any atom is -0.489 e. The lowest BCUT2D eigenvalue weighted by atomic mass is 10.1. The van der Waals surface area contributed by atoms with Gasteiger partial charge in [0.15, 0.2) is 0 Å². The quantitative estimate of drug-likeness (QED) is 0.827. The highest BCUT2D eigenvalue weighted by Crippen LogP contribution is 2.45. The van der Waals surface area contributed by atoms with Crippen LogP contribution in [0, 0.1) is 0 Å². The molecule has 0 amide bonds. The number of nitrogens with two attached hydrogens (primary N) is 2. The van der Waals surface area contributed by atoms with Crippen LogP contribution in [0.4, 0.5) is 11.4 Å². The number of hydrogen-bond acceptors (Lipinski definition) is 7. The second-order valence-corrected chi connectivity index (χ2v) is 8.79. The van der Waals surface area contributed by atoms with E-state index in [0.29, 0.717) is 6.10 Å². The van der Waals surface area contributed by atoms with E-state index in [0.717, 1.165) is 66.5 Å². The van der Waals surface area contributed by atoms with Crippen molar-refractivity contribution < 1.29 is 4.74 Å². The third-order valence-corrected chi connectivity index (χ3v) is 6.28. The minimum atomic E-state index is -0.0362. The first kappa shape index (κ1) is 17.2. The second kappa shape index (κ2) is 6.89. The maximum absolute atomic E-state index is 6.24. The number of thioether (sulfide) groups is 1. The molecular formula is C20H25N5OS. The van der Waals surface area contributed by atoms with E-state index in [1.165, 1.54) is 0 Å². The lowest BCUT2D eigenvalue weighted by Gasteiger charge is -2.36. The van der Waals surface area contributed by atoms with Crippen molar-refractivity contribution in [3.63, 3.8) is 0 Å². The summed E-state index contributed by atoms with van der Waals surface area (Å²) in [5.41, 5.74) is 15.8. The van der Waals surface area contributed by atoms with Gasteiger partial charge in [0.2, 0.25) is 0 Å². The predicted octanol–water partition coefficient (Wildman–Crippen LogP) is 2.65. The highest BCUT2D eigenvalue weighted by molar-refractivity contribution is 8.04. The number of allylic oxidation sites excluding steroid dienone is 1. The van der Waals surface area contributed by atoms with E-state index < -0.39 is 0 Å². The van der Waals surface area contributed by atoms with Crippen LogP contribution in [-0.4, -0.2) is 35.6 Å². The molecule has 0 aromatic carbocycles. The summed E-state index contributed by atoms with van der Waals surface area (Å²) in [5.74, 6) is 0.899. The monoisotopic (exact) mass is 383 g/mol. The standard InChI is InChI=1S/C20H25N5OS/c21-13-2-1-7-24(11-13)16-5-6-23-10-18(16)25-12-15(26-14-3-4-14)8-19-17(25)9-20(22)27-19/h5-6,8-10,12-14,20H,1-4,7,11,21-22H2/t13-,20?/m0/s1. The summed E-state index contributed by atoms with van der Waals surface area (Å²) in [6.07, 6.45) is 14.9. The zero-order valence-electron chi connectivity index (χ0n) is 15.3.